The van der Waals surface area contributed by atoms with Gasteiger partial charge in [-0.1, -0.05) is 0 Å². The maximum Gasteiger partial charge on any atom is 0.188 e. The molecule has 0 saturated heterocycles. The van der Waals surface area contributed by atoms with Gasteiger partial charge in [-0.3, -0.25) is 0 Å². The van der Waals surface area contributed by atoms with Gasteiger partial charge in [0.15, 0.2) is 6.86 Å². The number of alkyl halides is 2. The summed E-state index contributed by atoms with van der Waals surface area (Å²) in [5, 5.41) is 19.7. The van der Waals surface area contributed by atoms with Crippen LogP contribution >= 0.6 is 0 Å². The third kappa shape index (κ3) is 12.7. The summed E-state index contributed by atoms with van der Waals surface area (Å²) in [7, 11) is 7.97. The SMILES string of the molecule is C[N+](C)(CC[N+](C)(C)CC(O)COCCF)CC(O)COCF. The Labute approximate surface area is 138 Å². The topological polar surface area (TPSA) is 58.9 Å². The summed E-state index contributed by atoms with van der Waals surface area (Å²) in [4.78, 5) is 0. The van der Waals surface area contributed by atoms with Crippen LogP contribution in [0.25, 0.3) is 0 Å². The Morgan fingerprint density at radius 2 is 1.26 bits per heavy atom. The van der Waals surface area contributed by atoms with Crippen LogP contribution in [0.2, 0.25) is 0 Å². The molecule has 0 aliphatic heterocycles. The van der Waals surface area contributed by atoms with Crippen molar-refractivity contribution in [1.82, 2.24) is 0 Å². The number of hydrogen-bond acceptors (Lipinski definition) is 4. The fourth-order valence-corrected chi connectivity index (χ4v) is 2.42. The van der Waals surface area contributed by atoms with Crippen LogP contribution in [0.3, 0.4) is 0 Å². The van der Waals surface area contributed by atoms with Crippen molar-refractivity contribution in [3.05, 3.63) is 0 Å². The van der Waals surface area contributed by atoms with Gasteiger partial charge in [-0.15, -0.1) is 0 Å². The molecular weight excluding hydrogens is 310 g/mol. The lowest BCUT2D eigenvalue weighted by Gasteiger charge is -2.37. The number of quaternary nitrogens is 2. The highest BCUT2D eigenvalue weighted by Crippen LogP contribution is 2.06. The monoisotopic (exact) mass is 344 g/mol. The predicted molar refractivity (Wildman–Crippen MR) is 84.4 cm³/mol. The molecule has 0 aliphatic carbocycles. The van der Waals surface area contributed by atoms with E-state index in [2.05, 4.69) is 4.74 Å². The molecule has 0 amide bonds. The number of aliphatic hydroxyl groups is 2. The Morgan fingerprint density at radius 3 is 1.65 bits per heavy atom. The molecule has 0 bridgehead atoms. The largest absolute Gasteiger partial charge is 0.385 e. The van der Waals surface area contributed by atoms with Crippen molar-refractivity contribution < 1.29 is 37.4 Å². The maximum atomic E-state index is 12.0. The zero-order chi connectivity index (χ0) is 17.9. The Balaban J connectivity index is 4.17. The lowest BCUT2D eigenvalue weighted by atomic mass is 10.2. The minimum atomic E-state index is -0.892. The van der Waals surface area contributed by atoms with E-state index >= 15 is 0 Å². The number of hydrogen-bond donors (Lipinski definition) is 2. The van der Waals surface area contributed by atoms with Crippen LogP contribution in [0.5, 0.6) is 0 Å². The highest BCUT2D eigenvalue weighted by atomic mass is 19.1. The summed E-state index contributed by atoms with van der Waals surface area (Å²) >= 11 is 0. The van der Waals surface area contributed by atoms with Crippen LogP contribution in [-0.2, 0) is 9.47 Å². The smallest absolute Gasteiger partial charge is 0.188 e. The average Bonchev–Trinajstić information content (AvgIpc) is 2.42. The van der Waals surface area contributed by atoms with Crippen LogP contribution < -0.4 is 0 Å². The van der Waals surface area contributed by atoms with Crippen molar-refractivity contribution in [3.8, 4) is 0 Å². The summed E-state index contributed by atoms with van der Waals surface area (Å²) in [6.45, 7) is 1.20. The van der Waals surface area contributed by atoms with E-state index in [1.807, 2.05) is 28.2 Å². The van der Waals surface area contributed by atoms with Gasteiger partial charge in [0.25, 0.3) is 0 Å². The Bertz CT molecular complexity index is 307. The summed E-state index contributed by atoms with van der Waals surface area (Å²) in [6, 6.07) is 0. The lowest BCUT2D eigenvalue weighted by Crippen LogP contribution is -2.55. The van der Waals surface area contributed by atoms with Crippen LogP contribution in [0.4, 0.5) is 8.78 Å². The van der Waals surface area contributed by atoms with Gasteiger partial charge in [-0.25, -0.2) is 8.78 Å². The first kappa shape index (κ1) is 22.6. The van der Waals surface area contributed by atoms with Gasteiger partial charge in [0.2, 0.25) is 0 Å². The second kappa shape index (κ2) is 11.2. The molecule has 0 rings (SSSR count). The first-order valence-electron chi connectivity index (χ1n) is 7.89. The van der Waals surface area contributed by atoms with E-state index in [9.17, 15) is 19.0 Å². The standard InChI is InChI=1S/C15H34F2N2O4/c1-18(2,9-14(20)11-22-8-5-16)6-7-19(3,4)10-15(21)12-23-13-17/h14-15,20-21H,5-13H2,1-4H3/q+2. The van der Waals surface area contributed by atoms with Crippen molar-refractivity contribution in [1.29, 1.82) is 0 Å². The fraction of sp³-hybridized carbons (Fsp3) is 1.00. The lowest BCUT2D eigenvalue weighted by molar-refractivity contribution is -0.948. The number of ether oxygens (including phenoxy) is 2. The molecular formula is C15H34F2N2O4+2. The molecule has 8 heteroatoms. The van der Waals surface area contributed by atoms with Gasteiger partial charge in [-0.2, -0.15) is 0 Å². The van der Waals surface area contributed by atoms with Crippen molar-refractivity contribution in [2.24, 2.45) is 0 Å². The molecule has 6 nitrogen and oxygen atoms in total. The quantitative estimate of drug-likeness (QED) is 0.338. The number of rotatable bonds is 14. The van der Waals surface area contributed by atoms with Crippen LogP contribution in [0, 0.1) is 0 Å². The van der Waals surface area contributed by atoms with Crippen LogP contribution in [0.1, 0.15) is 0 Å². The van der Waals surface area contributed by atoms with Crippen molar-refractivity contribution >= 4 is 0 Å². The molecule has 23 heavy (non-hydrogen) atoms. The molecule has 2 N–H and O–H groups in total. The molecule has 0 aromatic heterocycles. The van der Waals surface area contributed by atoms with Gasteiger partial charge in [0.05, 0.1) is 48.0 Å². The van der Waals surface area contributed by atoms with Gasteiger partial charge < -0.3 is 28.7 Å². The summed E-state index contributed by atoms with van der Waals surface area (Å²) in [5.74, 6) is 0. The van der Waals surface area contributed by atoms with Crippen molar-refractivity contribution in [2.75, 3.05) is 87.7 Å². The zero-order valence-corrected chi connectivity index (χ0v) is 14.9. The summed E-state index contributed by atoms with van der Waals surface area (Å²) in [6.07, 6.45) is -1.35. The minimum absolute atomic E-state index is 0.00719. The number of nitrogens with zero attached hydrogens (tertiary/aromatic N) is 2. The second-order valence-electron chi connectivity index (χ2n) is 7.24. The Morgan fingerprint density at radius 1 is 0.826 bits per heavy atom. The molecule has 2 atom stereocenters. The van der Waals surface area contributed by atoms with Gasteiger partial charge >= 0.3 is 0 Å². The van der Waals surface area contributed by atoms with E-state index in [0.29, 0.717) is 22.1 Å². The van der Waals surface area contributed by atoms with Crippen LogP contribution in [-0.4, -0.2) is 119 Å². The third-order valence-electron chi connectivity index (χ3n) is 3.64. The van der Waals surface area contributed by atoms with E-state index in [-0.39, 0.29) is 19.8 Å². The Kier molecular flexibility index (Phi) is 11.0. The molecule has 0 spiro atoms. The summed E-state index contributed by atoms with van der Waals surface area (Å²) in [5.41, 5.74) is 0. The van der Waals surface area contributed by atoms with Crippen LogP contribution in [0.15, 0.2) is 0 Å². The van der Waals surface area contributed by atoms with E-state index in [4.69, 9.17) is 4.74 Å². The molecule has 2 unspecified atom stereocenters. The molecule has 0 aliphatic rings. The molecule has 0 aromatic carbocycles. The summed E-state index contributed by atoms with van der Waals surface area (Å²) < 4.78 is 34.6. The van der Waals surface area contributed by atoms with E-state index < -0.39 is 25.7 Å². The number of likely N-dealkylation sites (N-methyl/N-ethyl adjacent to an activating group) is 2. The first-order valence-corrected chi connectivity index (χ1v) is 7.89. The first-order chi connectivity index (χ1) is 10.6. The number of halogens is 2. The minimum Gasteiger partial charge on any atom is -0.385 e. The van der Waals surface area contributed by atoms with E-state index in [1.54, 1.807) is 0 Å². The number of aliphatic hydroxyl groups excluding tert-OH is 2. The second-order valence-corrected chi connectivity index (χ2v) is 7.24. The molecule has 0 fully saturated rings. The van der Waals surface area contributed by atoms with Gasteiger partial charge in [0, 0.05) is 0 Å². The third-order valence-corrected chi connectivity index (χ3v) is 3.64. The van der Waals surface area contributed by atoms with Crippen molar-refractivity contribution in [3.63, 3.8) is 0 Å². The highest BCUT2D eigenvalue weighted by Gasteiger charge is 2.27. The van der Waals surface area contributed by atoms with E-state index in [1.165, 1.54) is 0 Å². The van der Waals surface area contributed by atoms with Gasteiger partial charge in [0.1, 0.15) is 45.1 Å². The molecule has 0 heterocycles. The molecule has 0 radical (unpaired) electrons. The fourth-order valence-electron chi connectivity index (χ4n) is 2.42. The zero-order valence-electron chi connectivity index (χ0n) is 14.9. The van der Waals surface area contributed by atoms with E-state index in [0.717, 1.165) is 13.1 Å². The highest BCUT2D eigenvalue weighted by molar-refractivity contribution is 4.54. The maximum absolute atomic E-state index is 12.0. The average molecular weight is 344 g/mol. The van der Waals surface area contributed by atoms with Crippen molar-refractivity contribution in [2.45, 2.75) is 12.2 Å². The molecule has 0 aromatic rings. The Hall–Kier alpha value is -0.380. The molecule has 140 valence electrons. The predicted octanol–water partition coefficient (Wildman–Crippen LogP) is -0.209. The molecule has 0 saturated carbocycles. The van der Waals surface area contributed by atoms with Gasteiger partial charge in [-0.05, 0) is 0 Å². The normalized spacial score (nSPS) is 15.7.